The lowest BCUT2D eigenvalue weighted by Gasteiger charge is -2.13. The molecule has 9 heteroatoms. The SMILES string of the molecule is CCCS(=O)(=O)CCCSc1nc2cc[nH]c2c(=O)n1-c1ccc(OCC2CC2)cc1. The van der Waals surface area contributed by atoms with Crippen LogP contribution in [0.4, 0.5) is 0 Å². The quantitative estimate of drug-likeness (QED) is 0.265. The van der Waals surface area contributed by atoms with Crippen molar-refractivity contribution in [1.29, 1.82) is 0 Å². The van der Waals surface area contributed by atoms with Crippen molar-refractivity contribution >= 4 is 32.6 Å². The van der Waals surface area contributed by atoms with Gasteiger partial charge in [-0.05, 0) is 61.9 Å². The van der Waals surface area contributed by atoms with Crippen LogP contribution in [0.3, 0.4) is 0 Å². The Bertz CT molecular complexity index is 1200. The summed E-state index contributed by atoms with van der Waals surface area (Å²) in [6.07, 6.45) is 5.30. The highest BCUT2D eigenvalue weighted by Gasteiger charge is 2.22. The van der Waals surface area contributed by atoms with E-state index in [-0.39, 0.29) is 17.1 Å². The van der Waals surface area contributed by atoms with Crippen LogP contribution in [-0.4, -0.2) is 46.8 Å². The van der Waals surface area contributed by atoms with Crippen molar-refractivity contribution in [2.24, 2.45) is 5.92 Å². The summed E-state index contributed by atoms with van der Waals surface area (Å²) in [6, 6.07) is 9.22. The maximum atomic E-state index is 13.1. The highest BCUT2D eigenvalue weighted by atomic mass is 32.2. The first kappa shape index (κ1) is 22.0. The molecule has 166 valence electrons. The van der Waals surface area contributed by atoms with E-state index in [0.717, 1.165) is 12.4 Å². The number of fused-ring (bicyclic) bond motifs is 1. The van der Waals surface area contributed by atoms with E-state index < -0.39 is 9.84 Å². The molecule has 2 aromatic heterocycles. The third kappa shape index (κ3) is 5.51. The second-order valence-corrected chi connectivity index (χ2v) is 11.2. The Morgan fingerprint density at radius 3 is 2.68 bits per heavy atom. The molecule has 0 bridgehead atoms. The fourth-order valence-corrected chi connectivity index (χ4v) is 5.89. The van der Waals surface area contributed by atoms with Crippen molar-refractivity contribution in [3.8, 4) is 11.4 Å². The number of nitrogens with one attached hydrogen (secondary N) is 1. The van der Waals surface area contributed by atoms with Crippen molar-refractivity contribution in [1.82, 2.24) is 14.5 Å². The molecule has 4 rings (SSSR count). The van der Waals surface area contributed by atoms with Crippen LogP contribution in [-0.2, 0) is 9.84 Å². The van der Waals surface area contributed by atoms with Gasteiger partial charge in [0.25, 0.3) is 5.56 Å². The first-order valence-electron chi connectivity index (χ1n) is 10.6. The molecule has 31 heavy (non-hydrogen) atoms. The zero-order valence-corrected chi connectivity index (χ0v) is 19.2. The lowest BCUT2D eigenvalue weighted by atomic mass is 10.3. The summed E-state index contributed by atoms with van der Waals surface area (Å²) in [5, 5.41) is 0.552. The zero-order valence-electron chi connectivity index (χ0n) is 17.5. The Morgan fingerprint density at radius 2 is 1.97 bits per heavy atom. The Labute approximate surface area is 186 Å². The third-order valence-electron chi connectivity index (χ3n) is 5.17. The fraction of sp³-hybridized carbons (Fsp3) is 0.455. The lowest BCUT2D eigenvalue weighted by Crippen LogP contribution is -2.22. The number of rotatable bonds is 11. The fourth-order valence-electron chi connectivity index (χ4n) is 3.35. The third-order valence-corrected chi connectivity index (χ3v) is 8.14. The van der Waals surface area contributed by atoms with Crippen LogP contribution in [0.2, 0.25) is 0 Å². The minimum Gasteiger partial charge on any atom is -0.493 e. The number of benzene rings is 1. The standard InChI is InChI=1S/C22H27N3O4S2/c1-2-13-31(27,28)14-3-12-30-22-24-19-10-11-23-20(19)21(26)25(22)17-6-8-18(9-7-17)29-15-16-4-5-16/h6-11,16,23H,2-5,12-15H2,1H3. The number of hydrogen-bond acceptors (Lipinski definition) is 6. The van der Waals surface area contributed by atoms with Gasteiger partial charge in [0, 0.05) is 17.7 Å². The molecule has 0 unspecified atom stereocenters. The van der Waals surface area contributed by atoms with Gasteiger partial charge in [0.1, 0.15) is 21.1 Å². The van der Waals surface area contributed by atoms with Crippen LogP contribution in [0, 0.1) is 5.92 Å². The molecule has 0 radical (unpaired) electrons. The maximum Gasteiger partial charge on any atom is 0.283 e. The number of aromatic amines is 1. The predicted octanol–water partition coefficient (Wildman–Crippen LogP) is 3.81. The summed E-state index contributed by atoms with van der Waals surface area (Å²) in [5.74, 6) is 2.38. The van der Waals surface area contributed by atoms with Crippen LogP contribution < -0.4 is 10.3 Å². The van der Waals surface area contributed by atoms with Crippen LogP contribution in [0.15, 0.2) is 46.5 Å². The number of aromatic nitrogens is 3. The number of nitrogens with zero attached hydrogens (tertiary/aromatic N) is 2. The van der Waals surface area contributed by atoms with Crippen LogP contribution in [0.1, 0.15) is 32.6 Å². The summed E-state index contributed by atoms with van der Waals surface area (Å²) in [5.41, 5.74) is 1.58. The molecule has 1 aromatic carbocycles. The van der Waals surface area contributed by atoms with Crippen LogP contribution in [0.5, 0.6) is 5.75 Å². The van der Waals surface area contributed by atoms with Gasteiger partial charge in [-0.25, -0.2) is 13.4 Å². The van der Waals surface area contributed by atoms with E-state index in [9.17, 15) is 13.2 Å². The molecule has 0 aliphatic heterocycles. The normalized spacial score (nSPS) is 14.2. The molecule has 0 amide bonds. The Balaban J connectivity index is 1.55. The highest BCUT2D eigenvalue weighted by molar-refractivity contribution is 7.99. The zero-order chi connectivity index (χ0) is 21.8. The molecule has 0 atom stereocenters. The van der Waals surface area contributed by atoms with Crippen molar-refractivity contribution < 1.29 is 13.2 Å². The monoisotopic (exact) mass is 461 g/mol. The molecule has 1 N–H and O–H groups in total. The van der Waals surface area contributed by atoms with E-state index in [1.165, 1.54) is 24.6 Å². The van der Waals surface area contributed by atoms with Gasteiger partial charge in [0.2, 0.25) is 0 Å². The number of hydrogen-bond donors (Lipinski definition) is 1. The molecule has 2 heterocycles. The summed E-state index contributed by atoms with van der Waals surface area (Å²) in [4.78, 5) is 20.8. The van der Waals surface area contributed by atoms with Gasteiger partial charge in [-0.15, -0.1) is 0 Å². The van der Waals surface area contributed by atoms with E-state index in [1.54, 1.807) is 16.8 Å². The van der Waals surface area contributed by atoms with Gasteiger partial charge < -0.3 is 9.72 Å². The largest absolute Gasteiger partial charge is 0.493 e. The van der Waals surface area contributed by atoms with E-state index in [1.807, 2.05) is 31.2 Å². The summed E-state index contributed by atoms with van der Waals surface area (Å²) < 4.78 is 31.3. The van der Waals surface area contributed by atoms with Crippen molar-refractivity contribution in [2.75, 3.05) is 23.9 Å². The van der Waals surface area contributed by atoms with Gasteiger partial charge in [0.15, 0.2) is 5.16 Å². The van der Waals surface area contributed by atoms with Gasteiger partial charge in [-0.3, -0.25) is 9.36 Å². The minimum atomic E-state index is -3.02. The maximum absolute atomic E-state index is 13.1. The molecule has 1 aliphatic rings. The first-order chi connectivity index (χ1) is 15.0. The topological polar surface area (TPSA) is 94.0 Å². The van der Waals surface area contributed by atoms with Gasteiger partial charge >= 0.3 is 0 Å². The Hall–Kier alpha value is -2.26. The summed E-state index contributed by atoms with van der Waals surface area (Å²) in [6.45, 7) is 2.60. The average Bonchev–Trinajstić information content (AvgIpc) is 3.45. The van der Waals surface area contributed by atoms with Gasteiger partial charge in [-0.2, -0.15) is 0 Å². The number of thioether (sulfide) groups is 1. The smallest absolute Gasteiger partial charge is 0.283 e. The molecule has 1 aliphatic carbocycles. The van der Waals surface area contributed by atoms with E-state index in [4.69, 9.17) is 4.74 Å². The number of sulfone groups is 1. The molecule has 1 saturated carbocycles. The van der Waals surface area contributed by atoms with E-state index in [2.05, 4.69) is 9.97 Å². The minimum absolute atomic E-state index is 0.150. The predicted molar refractivity (Wildman–Crippen MR) is 124 cm³/mol. The van der Waals surface area contributed by atoms with Crippen molar-refractivity contribution in [3.63, 3.8) is 0 Å². The highest BCUT2D eigenvalue weighted by Crippen LogP contribution is 2.30. The van der Waals surface area contributed by atoms with E-state index in [0.29, 0.717) is 46.4 Å². The van der Waals surface area contributed by atoms with Gasteiger partial charge in [0.05, 0.1) is 23.6 Å². The molecular formula is C22H27N3O4S2. The molecular weight excluding hydrogens is 434 g/mol. The number of ether oxygens (including phenoxy) is 1. The molecule has 0 saturated heterocycles. The summed E-state index contributed by atoms with van der Waals surface area (Å²) >= 11 is 1.40. The Morgan fingerprint density at radius 1 is 1.19 bits per heavy atom. The second kappa shape index (κ2) is 9.48. The molecule has 7 nitrogen and oxygen atoms in total. The summed E-state index contributed by atoms with van der Waals surface area (Å²) in [7, 11) is -3.02. The lowest BCUT2D eigenvalue weighted by molar-refractivity contribution is 0.300. The molecule has 3 aromatic rings. The number of H-pyrrole nitrogens is 1. The van der Waals surface area contributed by atoms with Crippen LogP contribution in [0.25, 0.3) is 16.7 Å². The molecule has 0 spiro atoms. The Kier molecular flexibility index (Phi) is 6.71. The second-order valence-electron chi connectivity index (χ2n) is 7.87. The average molecular weight is 462 g/mol. The van der Waals surface area contributed by atoms with Gasteiger partial charge in [-0.1, -0.05) is 18.7 Å². The first-order valence-corrected chi connectivity index (χ1v) is 13.4. The van der Waals surface area contributed by atoms with E-state index >= 15 is 0 Å². The van der Waals surface area contributed by atoms with Crippen molar-refractivity contribution in [3.05, 3.63) is 46.9 Å². The molecule has 1 fully saturated rings. The van der Waals surface area contributed by atoms with Crippen LogP contribution >= 0.6 is 11.8 Å². The van der Waals surface area contributed by atoms with Crippen molar-refractivity contribution in [2.45, 2.75) is 37.8 Å².